The van der Waals surface area contributed by atoms with Gasteiger partial charge in [0.05, 0.1) is 6.20 Å². The standard InChI is InChI=1S/C12H17N5/c1-3-17-11(13)10(9-6-14-16(2)7-9)15-12(17)8-4-5-8/h6-8H,3-5,13H2,1-2H3. The fourth-order valence-corrected chi connectivity index (χ4v) is 2.22. The molecule has 1 aliphatic carbocycles. The summed E-state index contributed by atoms with van der Waals surface area (Å²) in [7, 11) is 1.90. The van der Waals surface area contributed by atoms with Gasteiger partial charge in [0.2, 0.25) is 0 Å². The second kappa shape index (κ2) is 3.61. The van der Waals surface area contributed by atoms with Crippen molar-refractivity contribution in [3.8, 4) is 11.3 Å². The molecule has 1 saturated carbocycles. The SMILES string of the molecule is CCn1c(C2CC2)nc(-c2cnn(C)c2)c1N. The first-order valence-corrected chi connectivity index (χ1v) is 6.05. The van der Waals surface area contributed by atoms with E-state index in [1.165, 1.54) is 12.8 Å². The van der Waals surface area contributed by atoms with Gasteiger partial charge in [0.1, 0.15) is 17.3 Å². The van der Waals surface area contributed by atoms with Gasteiger partial charge in [0.25, 0.3) is 0 Å². The fraction of sp³-hybridized carbons (Fsp3) is 0.500. The van der Waals surface area contributed by atoms with Crippen LogP contribution < -0.4 is 5.73 Å². The summed E-state index contributed by atoms with van der Waals surface area (Å²) < 4.78 is 3.90. The lowest BCUT2D eigenvalue weighted by atomic mass is 10.2. The van der Waals surface area contributed by atoms with Gasteiger partial charge in [-0.15, -0.1) is 0 Å². The van der Waals surface area contributed by atoms with Crippen LogP contribution in [0.4, 0.5) is 5.82 Å². The van der Waals surface area contributed by atoms with E-state index in [0.717, 1.165) is 29.4 Å². The molecule has 0 aliphatic heterocycles. The molecule has 2 N–H and O–H groups in total. The zero-order valence-corrected chi connectivity index (χ0v) is 10.2. The maximum absolute atomic E-state index is 6.18. The van der Waals surface area contributed by atoms with Crippen molar-refractivity contribution in [2.45, 2.75) is 32.2 Å². The Hall–Kier alpha value is -1.78. The van der Waals surface area contributed by atoms with Gasteiger partial charge in [0.15, 0.2) is 0 Å². The van der Waals surface area contributed by atoms with Crippen molar-refractivity contribution in [2.75, 3.05) is 5.73 Å². The number of nitrogens with two attached hydrogens (primary N) is 1. The first kappa shape index (κ1) is 10.4. The topological polar surface area (TPSA) is 61.7 Å². The van der Waals surface area contributed by atoms with E-state index in [1.807, 2.05) is 19.4 Å². The fourth-order valence-electron chi connectivity index (χ4n) is 2.22. The number of aryl methyl sites for hydroxylation is 1. The molecule has 0 atom stereocenters. The van der Waals surface area contributed by atoms with Crippen LogP contribution in [-0.4, -0.2) is 19.3 Å². The Morgan fingerprint density at radius 2 is 2.24 bits per heavy atom. The maximum atomic E-state index is 6.18. The molecule has 0 radical (unpaired) electrons. The van der Waals surface area contributed by atoms with Gasteiger partial charge in [0, 0.05) is 31.3 Å². The zero-order valence-electron chi connectivity index (χ0n) is 10.2. The third-order valence-electron chi connectivity index (χ3n) is 3.27. The Labute approximate surface area is 100 Å². The van der Waals surface area contributed by atoms with Crippen molar-refractivity contribution in [3.63, 3.8) is 0 Å². The summed E-state index contributed by atoms with van der Waals surface area (Å²) in [6.07, 6.45) is 6.25. The number of aromatic nitrogens is 4. The van der Waals surface area contributed by atoms with Crippen LogP contribution in [0.2, 0.25) is 0 Å². The van der Waals surface area contributed by atoms with Gasteiger partial charge in [-0.05, 0) is 19.8 Å². The van der Waals surface area contributed by atoms with E-state index in [0.29, 0.717) is 5.92 Å². The summed E-state index contributed by atoms with van der Waals surface area (Å²) in [5, 5.41) is 4.17. The van der Waals surface area contributed by atoms with Crippen LogP contribution in [0, 0.1) is 0 Å². The number of hydrogen-bond donors (Lipinski definition) is 1. The van der Waals surface area contributed by atoms with E-state index >= 15 is 0 Å². The second-order valence-electron chi connectivity index (χ2n) is 4.63. The molecular formula is C12H17N5. The lowest BCUT2D eigenvalue weighted by Crippen LogP contribution is -2.04. The minimum Gasteiger partial charge on any atom is -0.383 e. The van der Waals surface area contributed by atoms with Gasteiger partial charge in [-0.25, -0.2) is 4.98 Å². The van der Waals surface area contributed by atoms with Gasteiger partial charge >= 0.3 is 0 Å². The summed E-state index contributed by atoms with van der Waals surface area (Å²) in [4.78, 5) is 4.71. The van der Waals surface area contributed by atoms with Crippen LogP contribution in [-0.2, 0) is 13.6 Å². The highest BCUT2D eigenvalue weighted by atomic mass is 15.2. The van der Waals surface area contributed by atoms with Crippen molar-refractivity contribution in [2.24, 2.45) is 7.05 Å². The Balaban J connectivity index is 2.10. The predicted octanol–water partition coefficient (Wildman–Crippen LogP) is 1.76. The minimum atomic E-state index is 0.614. The predicted molar refractivity (Wildman–Crippen MR) is 66.5 cm³/mol. The molecule has 0 bridgehead atoms. The van der Waals surface area contributed by atoms with E-state index in [4.69, 9.17) is 10.7 Å². The number of nitrogens with zero attached hydrogens (tertiary/aromatic N) is 4. The summed E-state index contributed by atoms with van der Waals surface area (Å²) in [6, 6.07) is 0. The molecule has 0 aromatic carbocycles. The van der Waals surface area contributed by atoms with Gasteiger partial charge in [-0.1, -0.05) is 0 Å². The number of anilines is 1. The summed E-state index contributed by atoms with van der Waals surface area (Å²) in [5.74, 6) is 2.52. The first-order chi connectivity index (χ1) is 8.20. The smallest absolute Gasteiger partial charge is 0.131 e. The molecule has 2 aromatic rings. The van der Waals surface area contributed by atoms with E-state index in [2.05, 4.69) is 16.6 Å². The van der Waals surface area contributed by atoms with Crippen molar-refractivity contribution in [1.29, 1.82) is 0 Å². The molecule has 2 aromatic heterocycles. The van der Waals surface area contributed by atoms with Crippen LogP contribution in [0.3, 0.4) is 0 Å². The highest BCUT2D eigenvalue weighted by molar-refractivity contribution is 5.70. The molecule has 2 heterocycles. The van der Waals surface area contributed by atoms with E-state index in [1.54, 1.807) is 4.68 Å². The van der Waals surface area contributed by atoms with Gasteiger partial charge in [-0.3, -0.25) is 4.68 Å². The van der Waals surface area contributed by atoms with Crippen LogP contribution >= 0.6 is 0 Å². The average Bonchev–Trinajstić information content (AvgIpc) is 2.98. The third-order valence-corrected chi connectivity index (χ3v) is 3.27. The largest absolute Gasteiger partial charge is 0.383 e. The van der Waals surface area contributed by atoms with Crippen LogP contribution in [0.5, 0.6) is 0 Å². The van der Waals surface area contributed by atoms with E-state index in [9.17, 15) is 0 Å². The van der Waals surface area contributed by atoms with Crippen molar-refractivity contribution < 1.29 is 0 Å². The van der Waals surface area contributed by atoms with E-state index < -0.39 is 0 Å². The van der Waals surface area contributed by atoms with Crippen LogP contribution in [0.15, 0.2) is 12.4 Å². The van der Waals surface area contributed by atoms with Crippen molar-refractivity contribution >= 4 is 5.82 Å². The molecule has 1 fully saturated rings. The lowest BCUT2D eigenvalue weighted by Gasteiger charge is -2.04. The molecule has 3 rings (SSSR count). The first-order valence-electron chi connectivity index (χ1n) is 6.05. The quantitative estimate of drug-likeness (QED) is 0.875. The van der Waals surface area contributed by atoms with Crippen LogP contribution in [0.1, 0.15) is 31.5 Å². The van der Waals surface area contributed by atoms with Gasteiger partial charge < -0.3 is 10.3 Å². The molecule has 1 aliphatic rings. The van der Waals surface area contributed by atoms with E-state index in [-0.39, 0.29) is 0 Å². The average molecular weight is 231 g/mol. The minimum absolute atomic E-state index is 0.614. The molecule has 0 amide bonds. The highest BCUT2D eigenvalue weighted by Crippen LogP contribution is 2.42. The lowest BCUT2D eigenvalue weighted by molar-refractivity contribution is 0.708. The molecule has 0 spiro atoms. The second-order valence-corrected chi connectivity index (χ2v) is 4.63. The van der Waals surface area contributed by atoms with Gasteiger partial charge in [-0.2, -0.15) is 5.10 Å². The monoisotopic (exact) mass is 231 g/mol. The Morgan fingerprint density at radius 3 is 2.76 bits per heavy atom. The maximum Gasteiger partial charge on any atom is 0.131 e. The van der Waals surface area contributed by atoms with Crippen molar-refractivity contribution in [1.82, 2.24) is 19.3 Å². The molecule has 5 nitrogen and oxygen atoms in total. The Morgan fingerprint density at radius 1 is 1.47 bits per heavy atom. The molecular weight excluding hydrogens is 214 g/mol. The van der Waals surface area contributed by atoms with Crippen molar-refractivity contribution in [3.05, 3.63) is 18.2 Å². The van der Waals surface area contributed by atoms with Crippen LogP contribution in [0.25, 0.3) is 11.3 Å². The Kier molecular flexibility index (Phi) is 2.21. The zero-order chi connectivity index (χ0) is 12.0. The summed E-state index contributed by atoms with van der Waals surface area (Å²) in [5.41, 5.74) is 8.06. The number of hydrogen-bond acceptors (Lipinski definition) is 3. The number of nitrogen functional groups attached to an aromatic ring is 1. The highest BCUT2D eigenvalue weighted by Gasteiger charge is 2.30. The summed E-state index contributed by atoms with van der Waals surface area (Å²) in [6.45, 7) is 2.99. The normalized spacial score (nSPS) is 15.4. The molecule has 0 saturated heterocycles. The molecule has 5 heteroatoms. The molecule has 0 unspecified atom stereocenters. The number of rotatable bonds is 3. The number of imidazole rings is 1. The third kappa shape index (κ3) is 1.62. The Bertz CT molecular complexity index is 547. The molecule has 90 valence electrons. The summed E-state index contributed by atoms with van der Waals surface area (Å²) >= 11 is 0. The molecule has 17 heavy (non-hydrogen) atoms.